The van der Waals surface area contributed by atoms with E-state index in [0.29, 0.717) is 17.7 Å². The standard InChI is InChI=1S/C25H32N2O4/c1-18(2)9-8-15-27(24-26-21-12-5-6-13-22(21)30-24)16-14-19-10-7-11-20(17-19)31-25(3,4)23(28)29/h5-7,10-13,17-18H,8-9,14-16H2,1-4H3,(H,28,29). The molecule has 0 saturated carbocycles. The summed E-state index contributed by atoms with van der Waals surface area (Å²) in [4.78, 5) is 18.2. The second kappa shape index (κ2) is 9.86. The molecule has 0 saturated heterocycles. The predicted molar refractivity (Wildman–Crippen MR) is 123 cm³/mol. The second-order valence-corrected chi connectivity index (χ2v) is 8.80. The number of hydrogen-bond donors (Lipinski definition) is 1. The van der Waals surface area contributed by atoms with Crippen molar-refractivity contribution in [3.63, 3.8) is 0 Å². The molecule has 0 unspecified atom stereocenters. The van der Waals surface area contributed by atoms with E-state index < -0.39 is 11.6 Å². The van der Waals surface area contributed by atoms with Crippen LogP contribution in [-0.4, -0.2) is 34.8 Å². The lowest BCUT2D eigenvalue weighted by molar-refractivity contribution is -0.152. The van der Waals surface area contributed by atoms with Gasteiger partial charge >= 0.3 is 5.97 Å². The smallest absolute Gasteiger partial charge is 0.347 e. The van der Waals surface area contributed by atoms with Gasteiger partial charge in [0, 0.05) is 13.1 Å². The summed E-state index contributed by atoms with van der Waals surface area (Å²) in [7, 11) is 0. The summed E-state index contributed by atoms with van der Waals surface area (Å²) < 4.78 is 11.7. The zero-order chi connectivity index (χ0) is 22.4. The molecule has 0 spiro atoms. The van der Waals surface area contributed by atoms with Gasteiger partial charge in [0.05, 0.1) is 0 Å². The molecular weight excluding hydrogens is 392 g/mol. The van der Waals surface area contributed by atoms with Crippen LogP contribution in [0.2, 0.25) is 0 Å². The minimum Gasteiger partial charge on any atom is -0.478 e. The third kappa shape index (κ3) is 6.23. The van der Waals surface area contributed by atoms with Crippen LogP contribution in [0.15, 0.2) is 52.9 Å². The average molecular weight is 425 g/mol. The van der Waals surface area contributed by atoms with Crippen LogP contribution >= 0.6 is 0 Å². The zero-order valence-corrected chi connectivity index (χ0v) is 18.8. The highest BCUT2D eigenvalue weighted by molar-refractivity contribution is 5.76. The van der Waals surface area contributed by atoms with E-state index >= 15 is 0 Å². The van der Waals surface area contributed by atoms with Crippen LogP contribution in [0, 0.1) is 5.92 Å². The Labute approximate surface area is 183 Å². The maximum Gasteiger partial charge on any atom is 0.347 e. The number of hydrogen-bond acceptors (Lipinski definition) is 5. The lowest BCUT2D eigenvalue weighted by Gasteiger charge is -2.23. The van der Waals surface area contributed by atoms with Crippen molar-refractivity contribution in [1.82, 2.24) is 4.98 Å². The lowest BCUT2D eigenvalue weighted by Crippen LogP contribution is -2.37. The van der Waals surface area contributed by atoms with Crippen molar-refractivity contribution in [3.8, 4) is 5.75 Å². The summed E-state index contributed by atoms with van der Waals surface area (Å²) in [5.74, 6) is 0.209. The number of ether oxygens (including phenoxy) is 1. The average Bonchev–Trinajstić information content (AvgIpc) is 3.14. The lowest BCUT2D eigenvalue weighted by atomic mass is 10.1. The molecule has 0 bridgehead atoms. The van der Waals surface area contributed by atoms with Gasteiger partial charge in [-0.3, -0.25) is 0 Å². The molecule has 1 heterocycles. The molecule has 0 aliphatic carbocycles. The summed E-state index contributed by atoms with van der Waals surface area (Å²) in [6.45, 7) is 9.17. The molecule has 0 fully saturated rings. The van der Waals surface area contributed by atoms with Gasteiger partial charge in [-0.2, -0.15) is 4.98 Å². The van der Waals surface area contributed by atoms with Crippen LogP contribution < -0.4 is 9.64 Å². The zero-order valence-electron chi connectivity index (χ0n) is 18.8. The molecule has 0 atom stereocenters. The fraction of sp³-hybridized carbons (Fsp3) is 0.440. The molecule has 0 amide bonds. The number of carbonyl (C=O) groups is 1. The fourth-order valence-corrected chi connectivity index (χ4v) is 3.36. The second-order valence-electron chi connectivity index (χ2n) is 8.80. The quantitative estimate of drug-likeness (QED) is 0.435. The van der Waals surface area contributed by atoms with Crippen LogP contribution in [0.25, 0.3) is 11.1 Å². The molecule has 2 aromatic carbocycles. The number of oxazole rings is 1. The highest BCUT2D eigenvalue weighted by Crippen LogP contribution is 2.24. The molecular formula is C25H32N2O4. The van der Waals surface area contributed by atoms with E-state index in [4.69, 9.17) is 9.15 Å². The van der Waals surface area contributed by atoms with Gasteiger partial charge in [-0.05, 0) is 68.9 Å². The van der Waals surface area contributed by atoms with Gasteiger partial charge in [0.1, 0.15) is 11.3 Å². The van der Waals surface area contributed by atoms with E-state index in [0.717, 1.165) is 49.0 Å². The van der Waals surface area contributed by atoms with Crippen LogP contribution in [-0.2, 0) is 11.2 Å². The number of aromatic nitrogens is 1. The Bertz CT molecular complexity index is 976. The van der Waals surface area contributed by atoms with Gasteiger partial charge in [0.25, 0.3) is 6.01 Å². The van der Waals surface area contributed by atoms with Gasteiger partial charge in [0.2, 0.25) is 0 Å². The van der Waals surface area contributed by atoms with E-state index in [2.05, 4.69) is 23.7 Å². The normalized spacial score (nSPS) is 11.8. The summed E-state index contributed by atoms with van der Waals surface area (Å²) in [5, 5.41) is 9.31. The van der Waals surface area contributed by atoms with Crippen molar-refractivity contribution in [1.29, 1.82) is 0 Å². The Morgan fingerprint density at radius 1 is 1.16 bits per heavy atom. The van der Waals surface area contributed by atoms with Gasteiger partial charge in [-0.15, -0.1) is 0 Å². The molecule has 0 radical (unpaired) electrons. The Kier molecular flexibility index (Phi) is 7.21. The van der Waals surface area contributed by atoms with Crippen molar-refractivity contribution in [3.05, 3.63) is 54.1 Å². The van der Waals surface area contributed by atoms with E-state index in [1.54, 1.807) is 19.9 Å². The van der Waals surface area contributed by atoms with E-state index in [1.165, 1.54) is 0 Å². The monoisotopic (exact) mass is 424 g/mol. The number of fused-ring (bicyclic) bond motifs is 1. The number of carboxylic acids is 1. The molecule has 1 N–H and O–H groups in total. The molecule has 31 heavy (non-hydrogen) atoms. The Morgan fingerprint density at radius 3 is 2.65 bits per heavy atom. The SMILES string of the molecule is CC(C)CCCN(CCc1cccc(OC(C)(C)C(=O)O)c1)c1nc2ccccc2o1. The van der Waals surface area contributed by atoms with Crippen LogP contribution in [0.5, 0.6) is 5.75 Å². The van der Waals surface area contributed by atoms with Crippen molar-refractivity contribution in [2.24, 2.45) is 5.92 Å². The van der Waals surface area contributed by atoms with E-state index in [1.807, 2.05) is 42.5 Å². The number of anilines is 1. The molecule has 3 aromatic rings. The number of carboxylic acid groups (broad SMARTS) is 1. The first-order chi connectivity index (χ1) is 14.7. The first-order valence-electron chi connectivity index (χ1n) is 10.9. The Balaban J connectivity index is 1.72. The van der Waals surface area contributed by atoms with Crippen molar-refractivity contribution in [2.75, 3.05) is 18.0 Å². The number of aliphatic carboxylic acids is 1. The maximum absolute atomic E-state index is 11.4. The summed E-state index contributed by atoms with van der Waals surface area (Å²) in [6, 6.07) is 16.1. The van der Waals surface area contributed by atoms with Gasteiger partial charge in [-0.25, -0.2) is 4.79 Å². The van der Waals surface area contributed by atoms with Crippen molar-refractivity contribution >= 4 is 23.1 Å². The molecule has 6 nitrogen and oxygen atoms in total. The molecule has 3 rings (SSSR count). The molecule has 1 aromatic heterocycles. The third-order valence-corrected chi connectivity index (χ3v) is 5.22. The van der Waals surface area contributed by atoms with Crippen molar-refractivity contribution in [2.45, 2.75) is 52.6 Å². The summed E-state index contributed by atoms with van der Waals surface area (Å²) >= 11 is 0. The maximum atomic E-state index is 11.4. The number of para-hydroxylation sites is 2. The Hall–Kier alpha value is -3.02. The Morgan fingerprint density at radius 2 is 1.94 bits per heavy atom. The highest BCUT2D eigenvalue weighted by Gasteiger charge is 2.29. The number of benzene rings is 2. The van der Waals surface area contributed by atoms with E-state index in [-0.39, 0.29) is 0 Å². The fourth-order valence-electron chi connectivity index (χ4n) is 3.36. The largest absolute Gasteiger partial charge is 0.478 e. The predicted octanol–water partition coefficient (Wildman–Crippen LogP) is 5.56. The van der Waals surface area contributed by atoms with Crippen molar-refractivity contribution < 1.29 is 19.1 Å². The van der Waals surface area contributed by atoms with Gasteiger partial charge in [-0.1, -0.05) is 38.1 Å². The first-order valence-corrected chi connectivity index (χ1v) is 10.9. The molecule has 0 aliphatic heterocycles. The molecule has 6 heteroatoms. The first kappa shape index (κ1) is 22.7. The van der Waals surface area contributed by atoms with Crippen LogP contribution in [0.1, 0.15) is 46.1 Å². The highest BCUT2D eigenvalue weighted by atomic mass is 16.5. The molecule has 166 valence electrons. The van der Waals surface area contributed by atoms with Crippen LogP contribution in [0.4, 0.5) is 6.01 Å². The minimum atomic E-state index is -1.28. The topological polar surface area (TPSA) is 75.8 Å². The van der Waals surface area contributed by atoms with Gasteiger partial charge < -0.3 is 19.2 Å². The summed E-state index contributed by atoms with van der Waals surface area (Å²) in [5.41, 5.74) is 1.44. The van der Waals surface area contributed by atoms with Gasteiger partial charge in [0.15, 0.2) is 11.2 Å². The molecule has 0 aliphatic rings. The number of rotatable bonds is 11. The minimum absolute atomic E-state index is 0.554. The summed E-state index contributed by atoms with van der Waals surface area (Å²) in [6.07, 6.45) is 2.97. The van der Waals surface area contributed by atoms with E-state index in [9.17, 15) is 9.90 Å². The number of nitrogens with zero attached hydrogens (tertiary/aromatic N) is 2. The van der Waals surface area contributed by atoms with Crippen LogP contribution in [0.3, 0.4) is 0 Å². The third-order valence-electron chi connectivity index (χ3n) is 5.22.